The van der Waals surface area contributed by atoms with E-state index in [2.05, 4.69) is 20.1 Å². The summed E-state index contributed by atoms with van der Waals surface area (Å²) < 4.78 is 0. The van der Waals surface area contributed by atoms with Crippen LogP contribution in [-0.2, 0) is 0 Å². The first kappa shape index (κ1) is 8.86. The monoisotopic (exact) mass is 192 g/mol. The van der Waals surface area contributed by atoms with Crippen molar-refractivity contribution in [1.29, 1.82) is 0 Å². The number of aryl methyl sites for hydroxylation is 2. The third-order valence-electron chi connectivity index (χ3n) is 1.91. The van der Waals surface area contributed by atoms with Gasteiger partial charge in [-0.25, -0.2) is 9.99 Å². The molecule has 1 aromatic heterocycles. The molecule has 0 spiro atoms. The molecule has 0 amide bonds. The minimum atomic E-state index is 0.579. The van der Waals surface area contributed by atoms with E-state index in [1.165, 1.54) is 0 Å². The Morgan fingerprint density at radius 1 is 1.14 bits per heavy atom. The minimum Gasteiger partial charge on any atom is -0.386 e. The van der Waals surface area contributed by atoms with E-state index in [-0.39, 0.29) is 0 Å². The second-order valence-electron chi connectivity index (χ2n) is 3.19. The quantitative estimate of drug-likeness (QED) is 0.675. The van der Waals surface area contributed by atoms with Gasteiger partial charge < -0.3 is 5.73 Å². The van der Waals surface area contributed by atoms with Crippen molar-refractivity contribution >= 4 is 11.8 Å². The molecule has 0 atom stereocenters. The summed E-state index contributed by atoms with van der Waals surface area (Å²) in [7, 11) is 0. The number of aromatic nitrogens is 3. The molecule has 1 aliphatic rings. The van der Waals surface area contributed by atoms with Gasteiger partial charge in [0.1, 0.15) is 17.5 Å². The van der Waals surface area contributed by atoms with E-state index in [9.17, 15) is 0 Å². The second kappa shape index (κ2) is 3.21. The van der Waals surface area contributed by atoms with Gasteiger partial charge in [0.15, 0.2) is 0 Å². The van der Waals surface area contributed by atoms with Crippen molar-refractivity contribution in [2.45, 2.75) is 20.3 Å². The number of anilines is 1. The van der Waals surface area contributed by atoms with Gasteiger partial charge in [-0.15, -0.1) is 0 Å². The zero-order valence-corrected chi connectivity index (χ0v) is 8.23. The van der Waals surface area contributed by atoms with Crippen LogP contribution in [0.2, 0.25) is 0 Å². The molecule has 2 N–H and O–H groups in total. The van der Waals surface area contributed by atoms with Gasteiger partial charge in [0.05, 0.1) is 6.54 Å². The summed E-state index contributed by atoms with van der Waals surface area (Å²) in [4.78, 5) is 12.5. The molecule has 0 aliphatic carbocycles. The fourth-order valence-corrected chi connectivity index (χ4v) is 1.33. The van der Waals surface area contributed by atoms with Gasteiger partial charge >= 0.3 is 0 Å². The number of nitrogens with two attached hydrogens (primary N) is 1. The van der Waals surface area contributed by atoms with Gasteiger partial charge in [-0.1, -0.05) is 0 Å². The normalized spacial score (nSPS) is 15.9. The average Bonchev–Trinajstić information content (AvgIpc) is 2.50. The van der Waals surface area contributed by atoms with Crippen LogP contribution >= 0.6 is 0 Å². The molecule has 1 aliphatic heterocycles. The van der Waals surface area contributed by atoms with Crippen LogP contribution in [0.25, 0.3) is 0 Å². The SMILES string of the molecule is Cc1nc(C)nc(N2CCC(N)=N2)n1. The first-order valence-electron chi connectivity index (χ1n) is 4.45. The fraction of sp³-hybridized carbons (Fsp3) is 0.500. The maximum absolute atomic E-state index is 5.58. The Morgan fingerprint density at radius 2 is 1.79 bits per heavy atom. The highest BCUT2D eigenvalue weighted by Crippen LogP contribution is 2.12. The van der Waals surface area contributed by atoms with E-state index in [4.69, 9.17) is 5.73 Å². The maximum atomic E-state index is 5.58. The van der Waals surface area contributed by atoms with Crippen molar-refractivity contribution in [1.82, 2.24) is 15.0 Å². The van der Waals surface area contributed by atoms with Crippen LogP contribution < -0.4 is 10.7 Å². The van der Waals surface area contributed by atoms with Crippen molar-refractivity contribution in [2.75, 3.05) is 11.6 Å². The topological polar surface area (TPSA) is 80.3 Å². The summed E-state index contributed by atoms with van der Waals surface area (Å²) in [5.41, 5.74) is 5.58. The first-order valence-corrected chi connectivity index (χ1v) is 4.45. The van der Waals surface area contributed by atoms with Crippen molar-refractivity contribution in [2.24, 2.45) is 10.8 Å². The molecule has 6 nitrogen and oxygen atoms in total. The third kappa shape index (κ3) is 1.63. The summed E-state index contributed by atoms with van der Waals surface area (Å²) in [5, 5.41) is 5.82. The highest BCUT2D eigenvalue weighted by molar-refractivity contribution is 5.83. The van der Waals surface area contributed by atoms with Crippen LogP contribution in [-0.4, -0.2) is 27.3 Å². The molecular weight excluding hydrogens is 180 g/mol. The molecule has 2 rings (SSSR count). The number of rotatable bonds is 1. The van der Waals surface area contributed by atoms with Crippen molar-refractivity contribution in [3.05, 3.63) is 11.6 Å². The lowest BCUT2D eigenvalue weighted by Crippen LogP contribution is -2.16. The second-order valence-corrected chi connectivity index (χ2v) is 3.19. The molecule has 14 heavy (non-hydrogen) atoms. The lowest BCUT2D eigenvalue weighted by molar-refractivity contribution is 0.818. The standard InChI is InChI=1S/C8H12N6/c1-5-10-6(2)12-8(11-5)14-4-3-7(9)13-14/h3-4H2,1-2H3,(H2,9,13). The van der Waals surface area contributed by atoms with E-state index >= 15 is 0 Å². The lowest BCUT2D eigenvalue weighted by atomic mass is 10.4. The van der Waals surface area contributed by atoms with Crippen LogP contribution in [0, 0.1) is 13.8 Å². The van der Waals surface area contributed by atoms with Crippen LogP contribution in [0.3, 0.4) is 0 Å². The molecule has 0 bridgehead atoms. The number of hydrogen-bond acceptors (Lipinski definition) is 6. The molecule has 0 aromatic carbocycles. The molecular formula is C8H12N6. The van der Waals surface area contributed by atoms with Crippen LogP contribution in [0.1, 0.15) is 18.1 Å². The van der Waals surface area contributed by atoms with Crippen LogP contribution in [0.15, 0.2) is 5.10 Å². The van der Waals surface area contributed by atoms with E-state index < -0.39 is 0 Å². The summed E-state index contributed by atoms with van der Waals surface area (Å²) in [6.07, 6.45) is 0.768. The Hall–Kier alpha value is -1.72. The zero-order chi connectivity index (χ0) is 10.1. The molecule has 0 radical (unpaired) electrons. The molecule has 0 unspecified atom stereocenters. The molecule has 74 valence electrons. The highest BCUT2D eigenvalue weighted by atomic mass is 15.5. The van der Waals surface area contributed by atoms with E-state index in [0.717, 1.165) is 13.0 Å². The van der Waals surface area contributed by atoms with Gasteiger partial charge in [0.25, 0.3) is 0 Å². The summed E-state index contributed by atoms with van der Waals surface area (Å²) in [6.45, 7) is 4.41. The summed E-state index contributed by atoms with van der Waals surface area (Å²) >= 11 is 0. The molecule has 2 heterocycles. The van der Waals surface area contributed by atoms with E-state index in [1.54, 1.807) is 5.01 Å². The van der Waals surface area contributed by atoms with Gasteiger partial charge in [-0.05, 0) is 13.8 Å². The van der Waals surface area contributed by atoms with Gasteiger partial charge in [-0.3, -0.25) is 0 Å². The zero-order valence-electron chi connectivity index (χ0n) is 8.23. The molecule has 1 aromatic rings. The number of amidine groups is 1. The van der Waals surface area contributed by atoms with Crippen LogP contribution in [0.4, 0.5) is 5.95 Å². The number of hydrogen-bond donors (Lipinski definition) is 1. The number of nitrogens with zero attached hydrogens (tertiary/aromatic N) is 5. The Morgan fingerprint density at radius 3 is 2.29 bits per heavy atom. The molecule has 0 saturated heterocycles. The largest absolute Gasteiger partial charge is 0.386 e. The average molecular weight is 192 g/mol. The smallest absolute Gasteiger partial charge is 0.249 e. The highest BCUT2D eigenvalue weighted by Gasteiger charge is 2.16. The predicted octanol–water partition coefficient (Wildman–Crippen LogP) is -0.0293. The molecule has 0 saturated carbocycles. The Bertz CT molecular complexity index is 365. The van der Waals surface area contributed by atoms with Crippen molar-refractivity contribution in [3.8, 4) is 0 Å². The Labute approximate surface area is 81.9 Å². The lowest BCUT2D eigenvalue weighted by Gasteiger charge is -2.10. The Kier molecular flexibility index (Phi) is 2.03. The number of hydrazone groups is 1. The van der Waals surface area contributed by atoms with Crippen molar-refractivity contribution in [3.63, 3.8) is 0 Å². The molecule has 6 heteroatoms. The van der Waals surface area contributed by atoms with Gasteiger partial charge in [0.2, 0.25) is 5.95 Å². The van der Waals surface area contributed by atoms with Crippen LogP contribution in [0.5, 0.6) is 0 Å². The summed E-state index contributed by atoms with van der Waals surface area (Å²) in [5.74, 6) is 2.61. The first-order chi connectivity index (χ1) is 6.65. The predicted molar refractivity (Wildman–Crippen MR) is 52.9 cm³/mol. The minimum absolute atomic E-state index is 0.579. The fourth-order valence-electron chi connectivity index (χ4n) is 1.33. The van der Waals surface area contributed by atoms with Gasteiger partial charge in [0, 0.05) is 6.42 Å². The molecule has 0 fully saturated rings. The van der Waals surface area contributed by atoms with E-state index in [0.29, 0.717) is 23.4 Å². The van der Waals surface area contributed by atoms with Gasteiger partial charge in [-0.2, -0.15) is 15.1 Å². The third-order valence-corrected chi connectivity index (χ3v) is 1.91. The summed E-state index contributed by atoms with van der Waals surface area (Å²) in [6, 6.07) is 0. The maximum Gasteiger partial charge on any atom is 0.249 e. The Balaban J connectivity index is 2.32. The van der Waals surface area contributed by atoms with E-state index in [1.807, 2.05) is 13.8 Å². The van der Waals surface area contributed by atoms with Crippen molar-refractivity contribution < 1.29 is 0 Å².